The molecule has 3 amide bonds. The van der Waals surface area contributed by atoms with Gasteiger partial charge in [-0.15, -0.1) is 0 Å². The van der Waals surface area contributed by atoms with Gasteiger partial charge in [-0.1, -0.05) is 13.8 Å². The summed E-state index contributed by atoms with van der Waals surface area (Å²) in [6.45, 7) is 9.06. The molecule has 0 saturated carbocycles. The van der Waals surface area contributed by atoms with E-state index in [2.05, 4.69) is 19.2 Å². The van der Waals surface area contributed by atoms with Crippen LogP contribution in [0.5, 0.6) is 0 Å². The van der Waals surface area contributed by atoms with Crippen molar-refractivity contribution >= 4 is 11.9 Å². The van der Waals surface area contributed by atoms with E-state index in [4.69, 9.17) is 4.74 Å². The Morgan fingerprint density at radius 1 is 1.09 bits per heavy atom. The van der Waals surface area contributed by atoms with Crippen molar-refractivity contribution in [1.29, 1.82) is 0 Å². The van der Waals surface area contributed by atoms with E-state index in [1.165, 1.54) is 0 Å². The number of carbonyl (C=O) groups excluding carboxylic acids is 2. The van der Waals surface area contributed by atoms with E-state index in [1.807, 2.05) is 9.80 Å². The van der Waals surface area contributed by atoms with Gasteiger partial charge in [-0.25, -0.2) is 4.79 Å². The van der Waals surface area contributed by atoms with Gasteiger partial charge in [0.1, 0.15) is 0 Å². The highest BCUT2D eigenvalue weighted by Crippen LogP contribution is 2.20. The number of rotatable bonds is 4. The smallest absolute Gasteiger partial charge is 0.317 e. The lowest BCUT2D eigenvalue weighted by Crippen LogP contribution is -2.49. The van der Waals surface area contributed by atoms with Gasteiger partial charge in [0, 0.05) is 38.6 Å². The molecular weight excluding hydrogens is 282 g/mol. The average molecular weight is 311 g/mol. The number of nitrogens with one attached hydrogen (secondary N) is 1. The Bertz CT molecular complexity index is 373. The number of amides is 3. The van der Waals surface area contributed by atoms with E-state index in [0.717, 1.165) is 25.8 Å². The van der Waals surface area contributed by atoms with E-state index in [9.17, 15) is 9.59 Å². The van der Waals surface area contributed by atoms with Crippen LogP contribution < -0.4 is 5.32 Å². The molecule has 6 heteroatoms. The molecule has 0 aromatic heterocycles. The van der Waals surface area contributed by atoms with E-state index >= 15 is 0 Å². The first-order valence-electron chi connectivity index (χ1n) is 8.47. The summed E-state index contributed by atoms with van der Waals surface area (Å²) in [5, 5.41) is 2.97. The van der Waals surface area contributed by atoms with Gasteiger partial charge < -0.3 is 19.9 Å². The van der Waals surface area contributed by atoms with Crippen LogP contribution in [-0.2, 0) is 9.53 Å². The van der Waals surface area contributed by atoms with E-state index in [-0.39, 0.29) is 17.9 Å². The Labute approximate surface area is 133 Å². The average Bonchev–Trinajstić information content (AvgIpc) is 2.54. The fraction of sp³-hybridized carbons (Fsp3) is 0.875. The van der Waals surface area contributed by atoms with Crippen LogP contribution in [0.2, 0.25) is 0 Å². The van der Waals surface area contributed by atoms with E-state index in [0.29, 0.717) is 45.3 Å². The van der Waals surface area contributed by atoms with Crippen LogP contribution in [0.4, 0.5) is 4.79 Å². The predicted octanol–water partition coefficient (Wildman–Crippen LogP) is 1.31. The van der Waals surface area contributed by atoms with Crippen molar-refractivity contribution in [2.45, 2.75) is 33.1 Å². The van der Waals surface area contributed by atoms with Crippen molar-refractivity contribution < 1.29 is 14.3 Å². The molecule has 6 nitrogen and oxygen atoms in total. The third kappa shape index (κ3) is 4.87. The first-order chi connectivity index (χ1) is 10.6. The first kappa shape index (κ1) is 17.1. The normalized spacial score (nSPS) is 20.3. The van der Waals surface area contributed by atoms with Gasteiger partial charge in [0.15, 0.2) is 0 Å². The Hall–Kier alpha value is -1.30. The highest BCUT2D eigenvalue weighted by molar-refractivity contribution is 5.80. The summed E-state index contributed by atoms with van der Waals surface area (Å²) in [6.07, 6.45) is 2.54. The van der Waals surface area contributed by atoms with Crippen LogP contribution in [0, 0.1) is 11.8 Å². The summed E-state index contributed by atoms with van der Waals surface area (Å²) in [4.78, 5) is 28.2. The number of carbonyl (C=O) groups is 2. The SMILES string of the molecule is CC(C)CCNC(=O)N1CCC(C(=O)N2CCOCC2)CC1. The van der Waals surface area contributed by atoms with Crippen molar-refractivity contribution in [2.24, 2.45) is 11.8 Å². The molecule has 2 aliphatic rings. The van der Waals surface area contributed by atoms with Gasteiger partial charge >= 0.3 is 6.03 Å². The standard InChI is InChI=1S/C16H29N3O3/c1-13(2)3-6-17-16(21)19-7-4-14(5-8-19)15(20)18-9-11-22-12-10-18/h13-14H,3-12H2,1-2H3,(H,17,21). The van der Waals surface area contributed by atoms with Crippen LogP contribution in [0.1, 0.15) is 33.1 Å². The molecule has 126 valence electrons. The summed E-state index contributed by atoms with van der Waals surface area (Å²) in [5.41, 5.74) is 0. The number of likely N-dealkylation sites (tertiary alicyclic amines) is 1. The Morgan fingerprint density at radius 3 is 2.32 bits per heavy atom. The lowest BCUT2D eigenvalue weighted by Gasteiger charge is -2.35. The van der Waals surface area contributed by atoms with Gasteiger partial charge in [0.05, 0.1) is 13.2 Å². The maximum Gasteiger partial charge on any atom is 0.317 e. The summed E-state index contributed by atoms with van der Waals surface area (Å²) >= 11 is 0. The zero-order valence-corrected chi connectivity index (χ0v) is 13.8. The largest absolute Gasteiger partial charge is 0.378 e. The van der Waals surface area contributed by atoms with Crippen LogP contribution in [0.15, 0.2) is 0 Å². The van der Waals surface area contributed by atoms with Crippen LogP contribution >= 0.6 is 0 Å². The highest BCUT2D eigenvalue weighted by Gasteiger charge is 2.30. The van der Waals surface area contributed by atoms with Crippen molar-refractivity contribution in [3.8, 4) is 0 Å². The van der Waals surface area contributed by atoms with Gasteiger partial charge in [-0.3, -0.25) is 4.79 Å². The third-order valence-electron chi connectivity index (χ3n) is 4.45. The molecular formula is C16H29N3O3. The lowest BCUT2D eigenvalue weighted by atomic mass is 9.95. The number of hydrogen-bond donors (Lipinski definition) is 1. The summed E-state index contributed by atoms with van der Waals surface area (Å²) in [7, 11) is 0. The molecule has 2 saturated heterocycles. The van der Waals surface area contributed by atoms with Gasteiger partial charge in [-0.2, -0.15) is 0 Å². The van der Waals surface area contributed by atoms with E-state index in [1.54, 1.807) is 0 Å². The zero-order chi connectivity index (χ0) is 15.9. The number of piperidine rings is 1. The molecule has 0 unspecified atom stereocenters. The van der Waals surface area contributed by atoms with Crippen molar-refractivity contribution in [3.05, 3.63) is 0 Å². The monoisotopic (exact) mass is 311 g/mol. The van der Waals surface area contributed by atoms with Crippen molar-refractivity contribution in [1.82, 2.24) is 15.1 Å². The highest BCUT2D eigenvalue weighted by atomic mass is 16.5. The molecule has 2 fully saturated rings. The molecule has 0 atom stereocenters. The number of nitrogens with zero attached hydrogens (tertiary/aromatic N) is 2. The third-order valence-corrected chi connectivity index (χ3v) is 4.45. The predicted molar refractivity (Wildman–Crippen MR) is 84.5 cm³/mol. The minimum absolute atomic E-state index is 0.0120. The maximum absolute atomic E-state index is 12.4. The fourth-order valence-corrected chi connectivity index (χ4v) is 2.95. The van der Waals surface area contributed by atoms with Gasteiger partial charge in [0.2, 0.25) is 5.91 Å². The molecule has 0 aromatic rings. The van der Waals surface area contributed by atoms with Crippen LogP contribution in [0.3, 0.4) is 0 Å². The zero-order valence-electron chi connectivity index (χ0n) is 13.8. The molecule has 0 aliphatic carbocycles. The number of ether oxygens (including phenoxy) is 1. The minimum Gasteiger partial charge on any atom is -0.378 e. The second-order valence-electron chi connectivity index (χ2n) is 6.61. The van der Waals surface area contributed by atoms with Crippen LogP contribution in [0.25, 0.3) is 0 Å². The number of urea groups is 1. The topological polar surface area (TPSA) is 61.9 Å². The molecule has 0 aromatic carbocycles. The van der Waals surface area contributed by atoms with Gasteiger partial charge in [0.25, 0.3) is 0 Å². The molecule has 2 rings (SSSR count). The lowest BCUT2D eigenvalue weighted by molar-refractivity contribution is -0.141. The molecule has 2 aliphatic heterocycles. The van der Waals surface area contributed by atoms with Crippen molar-refractivity contribution in [3.63, 3.8) is 0 Å². The Balaban J connectivity index is 1.70. The fourth-order valence-electron chi connectivity index (χ4n) is 2.95. The molecule has 2 heterocycles. The molecule has 0 radical (unpaired) electrons. The maximum atomic E-state index is 12.4. The second kappa shape index (κ2) is 8.36. The summed E-state index contributed by atoms with van der Waals surface area (Å²) in [6, 6.07) is 0.0120. The molecule has 1 N–H and O–H groups in total. The molecule has 0 bridgehead atoms. The summed E-state index contributed by atoms with van der Waals surface area (Å²) in [5.74, 6) is 0.901. The van der Waals surface area contributed by atoms with Crippen LogP contribution in [-0.4, -0.2) is 67.7 Å². The minimum atomic E-state index is 0.0120. The summed E-state index contributed by atoms with van der Waals surface area (Å²) < 4.78 is 5.28. The number of morpholine rings is 1. The second-order valence-corrected chi connectivity index (χ2v) is 6.61. The Kier molecular flexibility index (Phi) is 6.49. The molecule has 22 heavy (non-hydrogen) atoms. The number of hydrogen-bond acceptors (Lipinski definition) is 3. The van der Waals surface area contributed by atoms with E-state index < -0.39 is 0 Å². The Morgan fingerprint density at radius 2 is 1.73 bits per heavy atom. The molecule has 0 spiro atoms. The van der Waals surface area contributed by atoms with Gasteiger partial charge in [-0.05, 0) is 25.2 Å². The quantitative estimate of drug-likeness (QED) is 0.851. The van der Waals surface area contributed by atoms with Crippen molar-refractivity contribution in [2.75, 3.05) is 45.9 Å². The first-order valence-corrected chi connectivity index (χ1v) is 8.47.